The van der Waals surface area contributed by atoms with Crippen LogP contribution >= 0.6 is 0 Å². The van der Waals surface area contributed by atoms with E-state index in [0.29, 0.717) is 116 Å². The van der Waals surface area contributed by atoms with Gasteiger partial charge in [-0.15, -0.1) is 0 Å². The van der Waals surface area contributed by atoms with E-state index in [-0.39, 0.29) is 62.1 Å². The Labute approximate surface area is 677 Å². The van der Waals surface area contributed by atoms with E-state index in [1.54, 1.807) is 96.2 Å². The molecule has 610 valence electrons. The zero-order chi connectivity index (χ0) is 82.0. The number of benzene rings is 10. The van der Waals surface area contributed by atoms with E-state index in [4.69, 9.17) is 23.7 Å². The summed E-state index contributed by atoms with van der Waals surface area (Å²) in [5.41, 5.74) is 17.6. The number of aliphatic hydroxyl groups is 5. The van der Waals surface area contributed by atoms with Gasteiger partial charge >= 0.3 is 0 Å². The molecule has 15 rings (SSSR count). The SMILES string of the molecule is COc1ccc(F)c(-c2ccc(CO)cc2C2CCCC2C)c1.COc1ccc(F)c(-c2ccc(CO)cc2[C@@H]2CCC[C@@H]2C)c1.COc1ccc(F)c(-c2ccc(CO)cc2[C@@H]2CCC[C@H]2C)c1.COc1ccc(F)c(-c2ccc(CO)cc2[C@H]2CCC[C@@H]2C)c1.COc1ccc(F)c(-c2ccc(CO)cc2[C@H]2CCC[C@H]2C)c1. The Hall–Kier alpha value is -9.35. The van der Waals surface area contributed by atoms with Crippen molar-refractivity contribution in [3.05, 3.63) is 267 Å². The predicted octanol–water partition coefficient (Wildman–Crippen LogP) is 24.5. The van der Waals surface area contributed by atoms with Crippen molar-refractivity contribution >= 4 is 0 Å². The summed E-state index contributed by atoms with van der Waals surface area (Å²) in [4.78, 5) is 0. The van der Waals surface area contributed by atoms with Gasteiger partial charge in [0.05, 0.1) is 68.6 Å². The number of hydrogen-bond acceptors (Lipinski definition) is 10. The first-order valence-corrected chi connectivity index (χ1v) is 41.1. The van der Waals surface area contributed by atoms with Crippen molar-refractivity contribution in [1.82, 2.24) is 0 Å². The molecule has 5 aliphatic carbocycles. The molecule has 0 radical (unpaired) electrons. The first-order valence-electron chi connectivity index (χ1n) is 41.1. The van der Waals surface area contributed by atoms with Crippen molar-refractivity contribution in [2.24, 2.45) is 29.6 Å². The van der Waals surface area contributed by atoms with Gasteiger partial charge < -0.3 is 49.2 Å². The molecule has 0 aromatic heterocycles. The van der Waals surface area contributed by atoms with E-state index in [2.05, 4.69) is 34.6 Å². The minimum Gasteiger partial charge on any atom is -0.497 e. The fraction of sp³-hybridized carbons (Fsp3) is 0.400. The maximum atomic E-state index is 14.4. The molecular weight excluding hydrogens is 1460 g/mol. The zero-order valence-corrected chi connectivity index (χ0v) is 68.4. The van der Waals surface area contributed by atoms with Crippen LogP contribution < -0.4 is 23.7 Å². The van der Waals surface area contributed by atoms with Crippen LogP contribution in [0.1, 0.15) is 216 Å². The summed E-state index contributed by atoms with van der Waals surface area (Å²) in [5.74, 6) is 7.04. The minimum absolute atomic E-state index is 0.00890. The molecule has 10 aromatic rings. The van der Waals surface area contributed by atoms with Crippen LogP contribution in [-0.2, 0) is 33.0 Å². The number of halogens is 5. The van der Waals surface area contributed by atoms with Crippen molar-refractivity contribution < 1.29 is 71.2 Å². The summed E-state index contributed by atoms with van der Waals surface area (Å²) in [7, 11) is 7.95. The van der Waals surface area contributed by atoms with Gasteiger partial charge in [-0.2, -0.15) is 0 Å². The number of aliphatic hydroxyl groups excluding tert-OH is 5. The van der Waals surface area contributed by atoms with Crippen LogP contribution in [0.5, 0.6) is 28.7 Å². The van der Waals surface area contributed by atoms with Crippen LogP contribution in [0, 0.1) is 58.7 Å². The van der Waals surface area contributed by atoms with E-state index in [1.807, 2.05) is 91.0 Å². The topological polar surface area (TPSA) is 147 Å². The maximum absolute atomic E-state index is 14.4. The van der Waals surface area contributed by atoms with Crippen LogP contribution in [0.3, 0.4) is 0 Å². The first kappa shape index (κ1) is 86.5. The van der Waals surface area contributed by atoms with E-state index < -0.39 is 0 Å². The Morgan fingerprint density at radius 2 is 0.391 bits per heavy atom. The van der Waals surface area contributed by atoms with Gasteiger partial charge in [0.2, 0.25) is 0 Å². The summed E-state index contributed by atoms with van der Waals surface area (Å²) in [6.07, 6.45) is 17.6. The maximum Gasteiger partial charge on any atom is 0.131 e. The van der Waals surface area contributed by atoms with Gasteiger partial charge in [0.1, 0.15) is 57.8 Å². The predicted molar refractivity (Wildman–Crippen MR) is 450 cm³/mol. The average Bonchev–Trinajstić information content (AvgIpc) is 1.80. The molecule has 0 amide bonds. The van der Waals surface area contributed by atoms with Crippen LogP contribution in [0.15, 0.2) is 182 Å². The highest BCUT2D eigenvalue weighted by Gasteiger charge is 2.34. The highest BCUT2D eigenvalue weighted by atomic mass is 19.1. The third-order valence-electron chi connectivity index (χ3n) is 25.1. The van der Waals surface area contributed by atoms with Crippen molar-refractivity contribution in [2.75, 3.05) is 35.5 Å². The molecule has 0 spiro atoms. The van der Waals surface area contributed by atoms with Gasteiger partial charge in [-0.25, -0.2) is 22.0 Å². The molecule has 10 aromatic carbocycles. The van der Waals surface area contributed by atoms with Crippen molar-refractivity contribution in [1.29, 1.82) is 0 Å². The third kappa shape index (κ3) is 20.7. The Morgan fingerprint density at radius 1 is 0.226 bits per heavy atom. The van der Waals surface area contributed by atoms with Crippen molar-refractivity contribution in [3.63, 3.8) is 0 Å². The second-order valence-electron chi connectivity index (χ2n) is 32.2. The van der Waals surface area contributed by atoms with Crippen LogP contribution in [0.4, 0.5) is 22.0 Å². The van der Waals surface area contributed by atoms with Gasteiger partial charge in [-0.3, -0.25) is 0 Å². The van der Waals surface area contributed by atoms with E-state index in [0.717, 1.165) is 116 Å². The van der Waals surface area contributed by atoms with Crippen molar-refractivity contribution in [3.8, 4) is 84.4 Å². The second kappa shape index (κ2) is 41.0. The molecule has 0 saturated heterocycles. The first-order chi connectivity index (χ1) is 55.7. The number of ether oxygens (including phenoxy) is 5. The lowest BCUT2D eigenvalue weighted by molar-refractivity contribution is 0.281. The fourth-order valence-electron chi connectivity index (χ4n) is 18.5. The van der Waals surface area contributed by atoms with E-state index in [1.165, 1.54) is 94.5 Å². The molecule has 5 saturated carbocycles. The van der Waals surface area contributed by atoms with Crippen LogP contribution in [-0.4, -0.2) is 61.1 Å². The summed E-state index contributed by atoms with van der Waals surface area (Å²) < 4.78 is 98.4. The zero-order valence-electron chi connectivity index (χ0n) is 68.4. The Kier molecular flexibility index (Phi) is 30.8. The van der Waals surface area contributed by atoms with E-state index >= 15 is 0 Å². The quantitative estimate of drug-likeness (QED) is 0.0467. The Morgan fingerprint density at radius 3 is 0.522 bits per heavy atom. The minimum atomic E-state index is -0.241. The lowest BCUT2D eigenvalue weighted by Gasteiger charge is -2.21. The van der Waals surface area contributed by atoms with Crippen molar-refractivity contribution in [2.45, 2.75) is 194 Å². The molecule has 2 unspecified atom stereocenters. The number of methoxy groups -OCH3 is 5. The van der Waals surface area contributed by atoms with Crippen LogP contribution in [0.2, 0.25) is 0 Å². The Balaban J connectivity index is 0.000000142. The summed E-state index contributed by atoms with van der Waals surface area (Å²) in [6, 6.07) is 53.5. The van der Waals surface area contributed by atoms with Gasteiger partial charge in [-0.05, 0) is 266 Å². The van der Waals surface area contributed by atoms with Crippen LogP contribution in [0.25, 0.3) is 55.6 Å². The van der Waals surface area contributed by atoms with E-state index in [9.17, 15) is 47.5 Å². The molecule has 15 heteroatoms. The molecule has 0 heterocycles. The lowest BCUT2D eigenvalue weighted by Crippen LogP contribution is -2.06. The smallest absolute Gasteiger partial charge is 0.131 e. The molecule has 5 fully saturated rings. The molecular formula is C100H115F5O10. The van der Waals surface area contributed by atoms with Gasteiger partial charge in [0.25, 0.3) is 0 Å². The molecule has 0 aliphatic heterocycles. The monoisotopic (exact) mass is 1570 g/mol. The fourth-order valence-corrected chi connectivity index (χ4v) is 18.5. The molecule has 10 atom stereocenters. The summed E-state index contributed by atoms with van der Waals surface area (Å²) in [6.45, 7) is 11.3. The third-order valence-corrected chi connectivity index (χ3v) is 25.1. The molecule has 115 heavy (non-hydrogen) atoms. The molecule has 0 bridgehead atoms. The highest BCUT2D eigenvalue weighted by molar-refractivity contribution is 5.75. The normalized spacial score (nSPS) is 20.7. The molecule has 5 aliphatic rings. The van der Waals surface area contributed by atoms with Gasteiger partial charge in [0, 0.05) is 27.8 Å². The number of hydrogen-bond donors (Lipinski definition) is 5. The summed E-state index contributed by atoms with van der Waals surface area (Å²) in [5, 5.41) is 47.4. The Bertz CT molecular complexity index is 4180. The number of rotatable bonds is 20. The largest absolute Gasteiger partial charge is 0.497 e. The van der Waals surface area contributed by atoms with Gasteiger partial charge in [0.15, 0.2) is 0 Å². The second-order valence-corrected chi connectivity index (χ2v) is 32.2. The molecule has 10 nitrogen and oxygen atoms in total. The van der Waals surface area contributed by atoms with Gasteiger partial charge in [-0.1, -0.05) is 190 Å². The molecule has 5 N–H and O–H groups in total. The average molecular weight is 1570 g/mol. The highest BCUT2D eigenvalue weighted by Crippen LogP contribution is 2.50. The standard InChI is InChI=1S/5C20H23FO2/c5*1-13-4-3-5-16(13)18-10-14(12-22)6-8-17(18)19-11-15(23-2)7-9-20(19)21/h5*6-11,13,16,22H,3-5,12H2,1-2H3/t2*13-,16+;2*13-,16-;/m1010./s1. The lowest BCUT2D eigenvalue weighted by atomic mass is 9.84. The summed E-state index contributed by atoms with van der Waals surface area (Å²) >= 11 is 0.